The summed E-state index contributed by atoms with van der Waals surface area (Å²) in [5.74, 6) is 0. The molecular formula is C17H13N5OS. The molecule has 2 heterocycles. The number of hydrogen-bond donors (Lipinski definition) is 1. The van der Waals surface area contributed by atoms with Crippen LogP contribution < -0.4 is 5.56 Å². The third-order valence-corrected chi connectivity index (χ3v) is 4.09. The highest BCUT2D eigenvalue weighted by atomic mass is 32.1. The van der Waals surface area contributed by atoms with Gasteiger partial charge in [0.1, 0.15) is 5.69 Å². The van der Waals surface area contributed by atoms with E-state index in [0.29, 0.717) is 15.9 Å². The van der Waals surface area contributed by atoms with E-state index < -0.39 is 0 Å². The van der Waals surface area contributed by atoms with E-state index in [0.717, 1.165) is 11.2 Å². The predicted molar refractivity (Wildman–Crippen MR) is 93.9 cm³/mol. The van der Waals surface area contributed by atoms with Crippen LogP contribution in [0.5, 0.6) is 0 Å². The van der Waals surface area contributed by atoms with E-state index in [1.165, 1.54) is 4.57 Å². The number of H-pyrrole nitrogens is 1. The lowest BCUT2D eigenvalue weighted by atomic mass is 10.2. The van der Waals surface area contributed by atoms with Gasteiger partial charge in [-0.15, -0.1) is 5.10 Å². The first-order valence-corrected chi connectivity index (χ1v) is 7.82. The van der Waals surface area contributed by atoms with Gasteiger partial charge in [0.2, 0.25) is 0 Å². The molecule has 24 heavy (non-hydrogen) atoms. The maximum atomic E-state index is 12.7. The molecule has 4 aromatic rings. The third kappa shape index (κ3) is 2.55. The Labute approximate surface area is 142 Å². The summed E-state index contributed by atoms with van der Waals surface area (Å²) in [6.07, 6.45) is 1.80. The quantitative estimate of drug-likeness (QED) is 0.585. The molecule has 2 aromatic heterocycles. The zero-order valence-corrected chi connectivity index (χ0v) is 13.4. The van der Waals surface area contributed by atoms with Crippen molar-refractivity contribution in [1.82, 2.24) is 24.5 Å². The van der Waals surface area contributed by atoms with Gasteiger partial charge in [0, 0.05) is 0 Å². The number of aromatic nitrogens is 5. The largest absolute Gasteiger partial charge is 0.332 e. The zero-order valence-electron chi connectivity index (χ0n) is 12.6. The number of para-hydroxylation sites is 2. The second-order valence-corrected chi connectivity index (χ2v) is 5.74. The van der Waals surface area contributed by atoms with Gasteiger partial charge in [0.15, 0.2) is 4.77 Å². The van der Waals surface area contributed by atoms with Gasteiger partial charge in [-0.25, -0.2) is 4.68 Å². The summed E-state index contributed by atoms with van der Waals surface area (Å²) in [6.45, 7) is 0.270. The Balaban J connectivity index is 1.74. The highest BCUT2D eigenvalue weighted by Gasteiger charge is 2.09. The SMILES string of the molecule is O=c1c2ccccc2[nH]c(=S)n1Cc1cn(-c2ccccc2)nn1. The molecule has 0 radical (unpaired) electrons. The van der Waals surface area contributed by atoms with Crippen molar-refractivity contribution in [1.29, 1.82) is 0 Å². The van der Waals surface area contributed by atoms with Crippen LogP contribution in [0.2, 0.25) is 0 Å². The number of hydrogen-bond acceptors (Lipinski definition) is 4. The highest BCUT2D eigenvalue weighted by Crippen LogP contribution is 2.09. The maximum absolute atomic E-state index is 12.7. The molecule has 0 atom stereocenters. The van der Waals surface area contributed by atoms with E-state index in [4.69, 9.17) is 12.2 Å². The first-order valence-electron chi connectivity index (χ1n) is 7.41. The first-order chi connectivity index (χ1) is 11.7. The van der Waals surface area contributed by atoms with Gasteiger partial charge in [0.25, 0.3) is 5.56 Å². The van der Waals surface area contributed by atoms with Crippen molar-refractivity contribution in [2.24, 2.45) is 0 Å². The molecule has 0 saturated carbocycles. The van der Waals surface area contributed by atoms with Gasteiger partial charge >= 0.3 is 0 Å². The Hall–Kier alpha value is -3.06. The van der Waals surface area contributed by atoms with Crippen LogP contribution in [0.15, 0.2) is 65.6 Å². The summed E-state index contributed by atoms with van der Waals surface area (Å²) in [6, 6.07) is 17.0. The second kappa shape index (κ2) is 5.86. The molecule has 6 nitrogen and oxygen atoms in total. The van der Waals surface area contributed by atoms with Crippen molar-refractivity contribution in [3.05, 3.63) is 81.6 Å². The van der Waals surface area contributed by atoms with Crippen molar-refractivity contribution >= 4 is 23.1 Å². The number of fused-ring (bicyclic) bond motifs is 1. The summed E-state index contributed by atoms with van der Waals surface area (Å²) in [5.41, 5.74) is 2.17. The molecule has 0 saturated heterocycles. The van der Waals surface area contributed by atoms with E-state index in [1.54, 1.807) is 16.9 Å². The van der Waals surface area contributed by atoms with Crippen LogP contribution in [0.3, 0.4) is 0 Å². The lowest BCUT2D eigenvalue weighted by Gasteiger charge is -2.05. The van der Waals surface area contributed by atoms with Crippen molar-refractivity contribution in [3.8, 4) is 5.69 Å². The van der Waals surface area contributed by atoms with Crippen LogP contribution in [-0.4, -0.2) is 24.5 Å². The Morgan fingerprint density at radius 1 is 1.04 bits per heavy atom. The van der Waals surface area contributed by atoms with E-state index in [1.807, 2.05) is 48.5 Å². The monoisotopic (exact) mass is 335 g/mol. The van der Waals surface area contributed by atoms with Crippen molar-refractivity contribution < 1.29 is 0 Å². The van der Waals surface area contributed by atoms with Gasteiger partial charge in [-0.2, -0.15) is 0 Å². The lowest BCUT2D eigenvalue weighted by molar-refractivity contribution is 0.711. The number of rotatable bonds is 3. The lowest BCUT2D eigenvalue weighted by Crippen LogP contribution is -2.22. The molecule has 7 heteroatoms. The van der Waals surface area contributed by atoms with Crippen LogP contribution in [-0.2, 0) is 6.54 Å². The summed E-state index contributed by atoms with van der Waals surface area (Å²) in [5, 5.41) is 8.85. The molecule has 0 unspecified atom stereocenters. The molecule has 0 fully saturated rings. The van der Waals surface area contributed by atoms with Crippen LogP contribution in [0.1, 0.15) is 5.69 Å². The van der Waals surface area contributed by atoms with Crippen LogP contribution in [0.25, 0.3) is 16.6 Å². The van der Waals surface area contributed by atoms with Crippen LogP contribution >= 0.6 is 12.2 Å². The smallest absolute Gasteiger partial charge is 0.262 e. The van der Waals surface area contributed by atoms with Gasteiger partial charge in [-0.3, -0.25) is 9.36 Å². The fourth-order valence-corrected chi connectivity index (χ4v) is 2.84. The van der Waals surface area contributed by atoms with Crippen LogP contribution in [0, 0.1) is 4.77 Å². The topological polar surface area (TPSA) is 68.5 Å². The number of benzene rings is 2. The molecule has 2 aromatic carbocycles. The average Bonchev–Trinajstić information content (AvgIpc) is 3.08. The summed E-state index contributed by atoms with van der Waals surface area (Å²) in [4.78, 5) is 15.7. The Morgan fingerprint density at radius 3 is 2.62 bits per heavy atom. The van der Waals surface area contributed by atoms with Gasteiger partial charge in [-0.05, 0) is 36.5 Å². The van der Waals surface area contributed by atoms with Gasteiger partial charge < -0.3 is 4.98 Å². The molecule has 4 rings (SSSR count). The molecule has 0 bridgehead atoms. The van der Waals surface area contributed by atoms with E-state index in [-0.39, 0.29) is 12.1 Å². The molecule has 1 N–H and O–H groups in total. The Morgan fingerprint density at radius 2 is 1.79 bits per heavy atom. The van der Waals surface area contributed by atoms with Crippen molar-refractivity contribution in [2.45, 2.75) is 6.54 Å². The van der Waals surface area contributed by atoms with Crippen molar-refractivity contribution in [2.75, 3.05) is 0 Å². The molecule has 0 aliphatic rings. The van der Waals surface area contributed by atoms with Gasteiger partial charge in [0.05, 0.1) is 29.3 Å². The fourth-order valence-electron chi connectivity index (χ4n) is 2.58. The number of nitrogens with zero attached hydrogens (tertiary/aromatic N) is 4. The Bertz CT molecular complexity index is 1130. The zero-order chi connectivity index (χ0) is 16.5. The average molecular weight is 335 g/mol. The molecule has 0 spiro atoms. The summed E-state index contributed by atoms with van der Waals surface area (Å²) >= 11 is 5.32. The second-order valence-electron chi connectivity index (χ2n) is 5.36. The summed E-state index contributed by atoms with van der Waals surface area (Å²) < 4.78 is 3.54. The van der Waals surface area contributed by atoms with Crippen molar-refractivity contribution in [3.63, 3.8) is 0 Å². The molecular weight excluding hydrogens is 322 g/mol. The van der Waals surface area contributed by atoms with E-state index >= 15 is 0 Å². The van der Waals surface area contributed by atoms with Gasteiger partial charge in [-0.1, -0.05) is 35.5 Å². The molecule has 118 valence electrons. The normalized spacial score (nSPS) is 11.0. The minimum atomic E-state index is -0.136. The fraction of sp³-hybridized carbons (Fsp3) is 0.0588. The molecule has 0 aliphatic carbocycles. The minimum Gasteiger partial charge on any atom is -0.332 e. The highest BCUT2D eigenvalue weighted by molar-refractivity contribution is 7.71. The molecule has 0 aliphatic heterocycles. The third-order valence-electron chi connectivity index (χ3n) is 3.77. The van der Waals surface area contributed by atoms with E-state index in [9.17, 15) is 4.79 Å². The predicted octanol–water partition coefficient (Wildman–Crippen LogP) is 2.69. The standard InChI is InChI=1S/C17H13N5OS/c23-16-14-8-4-5-9-15(14)18-17(24)21(16)10-12-11-22(20-19-12)13-6-2-1-3-7-13/h1-9,11H,10H2,(H,18,24). The summed E-state index contributed by atoms with van der Waals surface area (Å²) in [7, 11) is 0. The van der Waals surface area contributed by atoms with E-state index in [2.05, 4.69) is 15.3 Å². The number of aromatic amines is 1. The maximum Gasteiger partial charge on any atom is 0.262 e. The van der Waals surface area contributed by atoms with Crippen LogP contribution in [0.4, 0.5) is 0 Å². The molecule has 0 amide bonds. The Kier molecular flexibility index (Phi) is 3.55. The minimum absolute atomic E-state index is 0.136. The number of nitrogens with one attached hydrogen (secondary N) is 1. The first kappa shape index (κ1) is 14.5.